The number of nitrogens with zero attached hydrogens (tertiary/aromatic N) is 2. The fourth-order valence-electron chi connectivity index (χ4n) is 2.39. The summed E-state index contributed by atoms with van der Waals surface area (Å²) in [5.41, 5.74) is -0.552. The first kappa shape index (κ1) is 33.0. The number of rotatable bonds is 11. The summed E-state index contributed by atoms with van der Waals surface area (Å²) in [6.07, 6.45) is 0. The van der Waals surface area contributed by atoms with Gasteiger partial charge in [-0.2, -0.15) is 0 Å². The molecule has 0 radical (unpaired) electrons. The van der Waals surface area contributed by atoms with Crippen molar-refractivity contribution in [2.45, 2.75) is 13.2 Å². The largest absolute Gasteiger partial charge is 0.478 e. The molecule has 2 rings (SSSR count). The quantitative estimate of drug-likeness (QED) is 0.140. The zero-order chi connectivity index (χ0) is 28.4. The molecule has 15 heteroatoms. The van der Waals surface area contributed by atoms with Crippen LogP contribution >= 0.6 is 0 Å². The Labute approximate surface area is 210 Å². The van der Waals surface area contributed by atoms with Crippen molar-refractivity contribution in [3.63, 3.8) is 0 Å². The van der Waals surface area contributed by atoms with E-state index in [-0.39, 0.29) is 53.4 Å². The maximum atomic E-state index is 11.5. The molecule has 2 aromatic carbocycles. The fraction of sp³-hybridized carbons (Fsp3) is 0.364. The fourth-order valence-corrected chi connectivity index (χ4v) is 2.39. The Balaban J connectivity index is 0.000000605. The lowest BCUT2D eigenvalue weighted by molar-refractivity contribution is -0.386. The molecule has 0 amide bonds. The molecule has 0 saturated heterocycles. The number of carbonyl (C=O) groups is 2. The highest BCUT2D eigenvalue weighted by Gasteiger charge is 2.18. The molecular weight excluding hydrogens is 500 g/mol. The highest BCUT2D eigenvalue weighted by molar-refractivity contribution is 5.90. The molecule has 0 saturated carbocycles. The van der Waals surface area contributed by atoms with E-state index >= 15 is 0 Å². The van der Waals surface area contributed by atoms with Crippen molar-refractivity contribution in [1.82, 2.24) is 0 Å². The number of benzene rings is 2. The topological polar surface area (TPSA) is 229 Å². The number of nitro benzene ring substituents is 2. The molecule has 4 N–H and O–H groups in total. The number of methoxy groups -OCH3 is 2. The van der Waals surface area contributed by atoms with E-state index in [2.05, 4.69) is 4.74 Å². The van der Waals surface area contributed by atoms with Gasteiger partial charge in [0, 0.05) is 26.4 Å². The number of hydrogen-bond donors (Lipinski definition) is 4. The van der Waals surface area contributed by atoms with Crippen LogP contribution in [0.1, 0.15) is 31.8 Å². The van der Waals surface area contributed by atoms with Crippen LogP contribution in [0, 0.1) is 20.2 Å². The molecule has 0 fully saturated rings. The summed E-state index contributed by atoms with van der Waals surface area (Å²) < 4.78 is 14.0. The average molecular weight is 528 g/mol. The van der Waals surface area contributed by atoms with Gasteiger partial charge >= 0.3 is 11.9 Å². The van der Waals surface area contributed by atoms with Gasteiger partial charge in [-0.1, -0.05) is 0 Å². The number of nitro groups is 2. The number of aliphatic hydroxyl groups is 3. The average Bonchev–Trinajstić information content (AvgIpc) is 2.89. The molecule has 0 aromatic heterocycles. The third-order valence-corrected chi connectivity index (χ3v) is 4.20. The standard InChI is InChI=1S/C11H13NO6.C8H7NO5.C3H8O2/c1-17-4-5-18-11(14)8-2-3-9(7-13)10(6-8)12(15)16;10-4-6-2-1-5(8(11)12)3-7(6)9(13)14;1-5-3-2-4/h2-3,6,13H,4-5,7H2,1H3;1-3,10H,4H2,(H,11,12);4H,2-3H2,1H3. The van der Waals surface area contributed by atoms with Crippen molar-refractivity contribution >= 4 is 23.3 Å². The lowest BCUT2D eigenvalue weighted by Gasteiger charge is -2.05. The Morgan fingerprint density at radius 3 is 1.59 bits per heavy atom. The Bertz CT molecular complexity index is 1040. The van der Waals surface area contributed by atoms with Gasteiger partial charge in [0.1, 0.15) is 6.61 Å². The van der Waals surface area contributed by atoms with Crippen LogP contribution in [0.2, 0.25) is 0 Å². The smallest absolute Gasteiger partial charge is 0.338 e. The highest BCUT2D eigenvalue weighted by Crippen LogP contribution is 2.21. The summed E-state index contributed by atoms with van der Waals surface area (Å²) in [5.74, 6) is -1.91. The maximum Gasteiger partial charge on any atom is 0.338 e. The zero-order valence-electron chi connectivity index (χ0n) is 20.1. The van der Waals surface area contributed by atoms with Crippen molar-refractivity contribution < 1.29 is 54.1 Å². The maximum absolute atomic E-state index is 11.5. The van der Waals surface area contributed by atoms with Gasteiger partial charge in [-0.25, -0.2) is 9.59 Å². The van der Waals surface area contributed by atoms with E-state index in [0.29, 0.717) is 6.61 Å². The number of aliphatic hydroxyl groups excluding tert-OH is 3. The van der Waals surface area contributed by atoms with E-state index in [1.165, 1.54) is 31.4 Å². The molecule has 0 unspecified atom stereocenters. The second-order valence-corrected chi connectivity index (χ2v) is 6.67. The minimum absolute atomic E-state index is 0.0648. The first-order valence-corrected chi connectivity index (χ1v) is 10.3. The van der Waals surface area contributed by atoms with E-state index < -0.39 is 35.0 Å². The van der Waals surface area contributed by atoms with Crippen molar-refractivity contribution in [2.24, 2.45) is 0 Å². The van der Waals surface area contributed by atoms with Crippen LogP contribution in [0.5, 0.6) is 0 Å². The number of ether oxygens (including phenoxy) is 3. The van der Waals surface area contributed by atoms with Crippen LogP contribution in [-0.2, 0) is 27.4 Å². The van der Waals surface area contributed by atoms with Gasteiger partial charge in [-0.3, -0.25) is 20.2 Å². The summed E-state index contributed by atoms with van der Waals surface area (Å²) in [7, 11) is 3.02. The predicted molar refractivity (Wildman–Crippen MR) is 126 cm³/mol. The molecule has 0 bridgehead atoms. The molecule has 0 spiro atoms. The molecule has 0 aliphatic rings. The SMILES string of the molecule is COCCO.COCCOC(=O)c1ccc(CO)c([N+](=O)[O-])c1.O=C(O)c1ccc(CO)c([N+](=O)[O-])c1. The van der Waals surface area contributed by atoms with Gasteiger partial charge in [0.2, 0.25) is 0 Å². The molecule has 2 aromatic rings. The molecule has 0 atom stereocenters. The third kappa shape index (κ3) is 12.0. The second-order valence-electron chi connectivity index (χ2n) is 6.67. The number of carboxylic acid groups (broad SMARTS) is 1. The van der Waals surface area contributed by atoms with Gasteiger partial charge < -0.3 is 34.6 Å². The van der Waals surface area contributed by atoms with E-state index in [0.717, 1.165) is 12.1 Å². The number of hydrogen-bond acceptors (Lipinski definition) is 12. The predicted octanol–water partition coefficient (Wildman–Crippen LogP) is 1.30. The first-order valence-electron chi connectivity index (χ1n) is 10.3. The van der Waals surface area contributed by atoms with Crippen LogP contribution in [0.3, 0.4) is 0 Å². The van der Waals surface area contributed by atoms with E-state index in [9.17, 15) is 29.8 Å². The Morgan fingerprint density at radius 1 is 0.784 bits per heavy atom. The summed E-state index contributed by atoms with van der Waals surface area (Å²) >= 11 is 0. The third-order valence-electron chi connectivity index (χ3n) is 4.20. The number of carboxylic acids is 1. The van der Waals surface area contributed by atoms with Crippen LogP contribution < -0.4 is 0 Å². The summed E-state index contributed by atoms with van der Waals surface area (Å²) in [5, 5.41) is 55.4. The van der Waals surface area contributed by atoms with Gasteiger partial charge in [-0.05, 0) is 24.3 Å². The molecule has 0 aliphatic heterocycles. The molecular formula is C22H28N2O13. The molecule has 204 valence electrons. The van der Waals surface area contributed by atoms with Gasteiger partial charge in [0.05, 0.1) is 65.1 Å². The first-order chi connectivity index (χ1) is 17.6. The zero-order valence-corrected chi connectivity index (χ0v) is 20.1. The van der Waals surface area contributed by atoms with Crippen molar-refractivity contribution in [3.05, 3.63) is 78.9 Å². The second kappa shape index (κ2) is 18.3. The lowest BCUT2D eigenvalue weighted by atomic mass is 10.1. The molecule has 0 aliphatic carbocycles. The normalized spacial score (nSPS) is 9.76. The van der Waals surface area contributed by atoms with E-state index in [4.69, 9.17) is 29.9 Å². The Morgan fingerprint density at radius 2 is 1.24 bits per heavy atom. The summed E-state index contributed by atoms with van der Waals surface area (Å²) in [6, 6.07) is 7.13. The van der Waals surface area contributed by atoms with E-state index in [1.54, 1.807) is 7.11 Å². The Kier molecular flexibility index (Phi) is 16.3. The van der Waals surface area contributed by atoms with Gasteiger partial charge in [0.15, 0.2) is 0 Å². The molecule has 37 heavy (non-hydrogen) atoms. The Hall–Kier alpha value is -4.02. The van der Waals surface area contributed by atoms with E-state index in [1.807, 2.05) is 0 Å². The van der Waals surface area contributed by atoms with Crippen molar-refractivity contribution in [3.8, 4) is 0 Å². The minimum atomic E-state index is -1.24. The summed E-state index contributed by atoms with van der Waals surface area (Å²) in [6.45, 7) is -0.0601. The van der Waals surface area contributed by atoms with Crippen LogP contribution in [0.25, 0.3) is 0 Å². The van der Waals surface area contributed by atoms with Gasteiger partial charge in [0.25, 0.3) is 11.4 Å². The number of esters is 1. The van der Waals surface area contributed by atoms with Crippen LogP contribution in [-0.4, -0.2) is 82.9 Å². The minimum Gasteiger partial charge on any atom is -0.478 e. The van der Waals surface area contributed by atoms with Crippen LogP contribution in [0.15, 0.2) is 36.4 Å². The van der Waals surface area contributed by atoms with Crippen molar-refractivity contribution in [1.29, 1.82) is 0 Å². The van der Waals surface area contributed by atoms with Crippen LogP contribution in [0.4, 0.5) is 11.4 Å². The number of carbonyl (C=O) groups excluding carboxylic acids is 1. The summed E-state index contributed by atoms with van der Waals surface area (Å²) in [4.78, 5) is 41.8. The molecule has 15 nitrogen and oxygen atoms in total. The van der Waals surface area contributed by atoms with Crippen molar-refractivity contribution in [2.75, 3.05) is 40.6 Å². The monoisotopic (exact) mass is 528 g/mol. The van der Waals surface area contributed by atoms with Gasteiger partial charge in [-0.15, -0.1) is 0 Å². The molecule has 0 heterocycles. The highest BCUT2D eigenvalue weighted by atomic mass is 16.6. The number of aromatic carboxylic acids is 1. The lowest BCUT2D eigenvalue weighted by Crippen LogP contribution is -2.10.